The normalized spacial score (nSPS) is 33.5. The molecule has 1 saturated carbocycles. The molecule has 0 aromatic rings. The average molecular weight is 310 g/mol. The Bertz CT molecular complexity index is 454. The van der Waals surface area contributed by atoms with Gasteiger partial charge in [0, 0.05) is 25.7 Å². The third-order valence-corrected chi connectivity index (χ3v) is 4.76. The summed E-state index contributed by atoms with van der Waals surface area (Å²) in [5, 5.41) is 2.99. The van der Waals surface area contributed by atoms with Crippen LogP contribution < -0.4 is 5.32 Å². The molecule has 1 N–H and O–H groups in total. The summed E-state index contributed by atoms with van der Waals surface area (Å²) in [6.07, 6.45) is 2.86. The number of nitrogens with zero attached hydrogens (tertiary/aromatic N) is 1. The van der Waals surface area contributed by atoms with Crippen molar-refractivity contribution in [1.82, 2.24) is 10.2 Å². The molecule has 2 bridgehead atoms. The van der Waals surface area contributed by atoms with Gasteiger partial charge >= 0.3 is 6.09 Å². The molecule has 6 heteroatoms. The summed E-state index contributed by atoms with van der Waals surface area (Å²) in [7, 11) is 0. The van der Waals surface area contributed by atoms with Crippen LogP contribution in [0.5, 0.6) is 0 Å². The number of fused-ring (bicyclic) bond motifs is 1. The number of nitrogens with one attached hydrogen (secondary N) is 1. The van der Waals surface area contributed by atoms with Gasteiger partial charge < -0.3 is 19.7 Å². The summed E-state index contributed by atoms with van der Waals surface area (Å²) < 4.78 is 10.9. The molecule has 4 rings (SSSR count). The predicted molar refractivity (Wildman–Crippen MR) is 80.3 cm³/mol. The molecule has 6 nitrogen and oxygen atoms in total. The monoisotopic (exact) mass is 310 g/mol. The molecule has 22 heavy (non-hydrogen) atoms. The SMILES string of the molecule is CC(C)(C)OC(=O)N1C[C@H]2C[C@H]1[C@H]2C(=O)NC[C@@H]1CCCO1. The second kappa shape index (κ2) is 5.72. The molecule has 3 aliphatic heterocycles. The Labute approximate surface area is 131 Å². The highest BCUT2D eigenvalue weighted by Crippen LogP contribution is 2.46. The molecule has 3 heterocycles. The Morgan fingerprint density at radius 1 is 1.36 bits per heavy atom. The van der Waals surface area contributed by atoms with E-state index in [1.807, 2.05) is 20.8 Å². The van der Waals surface area contributed by atoms with Gasteiger partial charge in [-0.25, -0.2) is 4.79 Å². The fraction of sp³-hybridized carbons (Fsp3) is 0.875. The number of ether oxygens (including phenoxy) is 2. The van der Waals surface area contributed by atoms with Crippen molar-refractivity contribution in [3.63, 3.8) is 0 Å². The van der Waals surface area contributed by atoms with Crippen molar-refractivity contribution in [1.29, 1.82) is 0 Å². The summed E-state index contributed by atoms with van der Waals surface area (Å²) >= 11 is 0. The van der Waals surface area contributed by atoms with E-state index in [9.17, 15) is 9.59 Å². The molecular formula is C16H26N2O4. The Balaban J connectivity index is 1.50. The Morgan fingerprint density at radius 2 is 2.14 bits per heavy atom. The first-order valence-electron chi connectivity index (χ1n) is 8.24. The van der Waals surface area contributed by atoms with Crippen LogP contribution in [0.2, 0.25) is 0 Å². The van der Waals surface area contributed by atoms with Crippen LogP contribution >= 0.6 is 0 Å². The lowest BCUT2D eigenvalue weighted by Crippen LogP contribution is -2.50. The third-order valence-electron chi connectivity index (χ3n) is 4.76. The molecule has 3 saturated heterocycles. The van der Waals surface area contributed by atoms with Crippen LogP contribution in [0.15, 0.2) is 0 Å². The van der Waals surface area contributed by atoms with E-state index in [1.165, 1.54) is 0 Å². The van der Waals surface area contributed by atoms with Crippen molar-refractivity contribution in [2.24, 2.45) is 11.8 Å². The number of hydrogen-bond acceptors (Lipinski definition) is 4. The van der Waals surface area contributed by atoms with Gasteiger partial charge in [0.1, 0.15) is 5.60 Å². The fourth-order valence-corrected chi connectivity index (χ4v) is 3.68. The summed E-state index contributed by atoms with van der Waals surface area (Å²) in [5.74, 6) is 0.263. The minimum Gasteiger partial charge on any atom is -0.444 e. The van der Waals surface area contributed by atoms with Gasteiger partial charge in [0.15, 0.2) is 0 Å². The molecule has 0 spiro atoms. The molecule has 0 aromatic heterocycles. The maximum atomic E-state index is 12.4. The fourth-order valence-electron chi connectivity index (χ4n) is 3.68. The standard InChI is InChI=1S/C16H26N2O4/c1-16(2,3)22-15(20)18-9-10-7-12(18)13(10)14(19)17-8-11-5-4-6-21-11/h10-13H,4-9H2,1-3H3,(H,17,19)/t10-,11+,12+,13+/m1/s1. The minimum atomic E-state index is -0.498. The molecule has 2 amide bonds. The highest BCUT2D eigenvalue weighted by atomic mass is 16.6. The zero-order valence-electron chi connectivity index (χ0n) is 13.6. The molecule has 4 atom stereocenters. The van der Waals surface area contributed by atoms with E-state index in [4.69, 9.17) is 9.47 Å². The lowest BCUT2D eigenvalue weighted by molar-refractivity contribution is -0.130. The van der Waals surface area contributed by atoms with Crippen LogP contribution in [0.1, 0.15) is 40.0 Å². The van der Waals surface area contributed by atoms with Gasteiger partial charge in [-0.05, 0) is 46.0 Å². The van der Waals surface area contributed by atoms with Gasteiger partial charge in [0.2, 0.25) is 5.91 Å². The Kier molecular flexibility index (Phi) is 4.05. The largest absolute Gasteiger partial charge is 0.444 e. The van der Waals surface area contributed by atoms with Crippen LogP contribution in [0.4, 0.5) is 4.79 Å². The van der Waals surface area contributed by atoms with Gasteiger partial charge in [-0.1, -0.05) is 0 Å². The summed E-state index contributed by atoms with van der Waals surface area (Å²) in [6, 6.07) is 0.00402. The molecule has 0 radical (unpaired) electrons. The molecule has 0 aromatic carbocycles. The van der Waals surface area contributed by atoms with Crippen LogP contribution in [0.25, 0.3) is 0 Å². The second-order valence-corrected chi connectivity index (χ2v) is 7.60. The highest BCUT2D eigenvalue weighted by Gasteiger charge is 2.57. The Hall–Kier alpha value is -1.30. The van der Waals surface area contributed by atoms with E-state index in [2.05, 4.69) is 5.32 Å². The third kappa shape index (κ3) is 3.07. The number of carbonyl (C=O) groups is 2. The zero-order chi connectivity index (χ0) is 15.9. The van der Waals surface area contributed by atoms with Gasteiger partial charge in [-0.15, -0.1) is 0 Å². The minimum absolute atomic E-state index is 0.00402. The summed E-state index contributed by atoms with van der Waals surface area (Å²) in [4.78, 5) is 26.3. The van der Waals surface area contributed by atoms with Crippen molar-refractivity contribution in [3.05, 3.63) is 0 Å². The van der Waals surface area contributed by atoms with Crippen molar-refractivity contribution in [3.8, 4) is 0 Å². The van der Waals surface area contributed by atoms with Gasteiger partial charge in [0.25, 0.3) is 0 Å². The number of rotatable bonds is 3. The van der Waals surface area contributed by atoms with E-state index in [1.54, 1.807) is 4.90 Å². The smallest absolute Gasteiger partial charge is 0.410 e. The van der Waals surface area contributed by atoms with Crippen molar-refractivity contribution >= 4 is 12.0 Å². The lowest BCUT2D eigenvalue weighted by Gasteiger charge is -2.35. The van der Waals surface area contributed by atoms with Crippen LogP contribution in [0.3, 0.4) is 0 Å². The van der Waals surface area contributed by atoms with Crippen LogP contribution in [-0.2, 0) is 14.3 Å². The average Bonchev–Trinajstić information content (AvgIpc) is 3.09. The maximum Gasteiger partial charge on any atom is 0.410 e. The van der Waals surface area contributed by atoms with E-state index >= 15 is 0 Å². The predicted octanol–water partition coefficient (Wildman–Crippen LogP) is 1.54. The van der Waals surface area contributed by atoms with Gasteiger partial charge in [-0.3, -0.25) is 4.79 Å². The summed E-state index contributed by atoms with van der Waals surface area (Å²) in [6.45, 7) is 7.59. The van der Waals surface area contributed by atoms with Crippen molar-refractivity contribution < 1.29 is 19.1 Å². The number of hydrogen-bond donors (Lipinski definition) is 1. The maximum absolute atomic E-state index is 12.4. The highest BCUT2D eigenvalue weighted by molar-refractivity contribution is 5.83. The van der Waals surface area contributed by atoms with E-state index < -0.39 is 5.60 Å². The van der Waals surface area contributed by atoms with E-state index in [0.717, 1.165) is 25.9 Å². The first-order chi connectivity index (χ1) is 10.3. The lowest BCUT2D eigenvalue weighted by atomic mass is 9.73. The molecular weight excluding hydrogens is 284 g/mol. The quantitative estimate of drug-likeness (QED) is 0.858. The van der Waals surface area contributed by atoms with E-state index in [-0.39, 0.29) is 36.0 Å². The Morgan fingerprint density at radius 3 is 2.77 bits per heavy atom. The molecule has 124 valence electrons. The van der Waals surface area contributed by atoms with E-state index in [0.29, 0.717) is 13.1 Å². The topological polar surface area (TPSA) is 67.9 Å². The van der Waals surface area contributed by atoms with Gasteiger partial charge in [0.05, 0.1) is 12.0 Å². The number of amides is 2. The zero-order valence-corrected chi connectivity index (χ0v) is 13.6. The second-order valence-electron chi connectivity index (χ2n) is 7.60. The molecule has 4 fully saturated rings. The molecule has 0 unspecified atom stereocenters. The molecule has 4 aliphatic rings. The summed E-state index contributed by atoms with van der Waals surface area (Å²) in [5.41, 5.74) is -0.498. The van der Waals surface area contributed by atoms with Crippen molar-refractivity contribution in [2.45, 2.75) is 57.8 Å². The first-order valence-corrected chi connectivity index (χ1v) is 8.24. The molecule has 1 aliphatic carbocycles. The van der Waals surface area contributed by atoms with Crippen molar-refractivity contribution in [2.75, 3.05) is 19.7 Å². The first kappa shape index (κ1) is 15.6. The van der Waals surface area contributed by atoms with Crippen LogP contribution in [-0.4, -0.2) is 54.3 Å². The van der Waals surface area contributed by atoms with Gasteiger partial charge in [-0.2, -0.15) is 0 Å². The van der Waals surface area contributed by atoms with Crippen LogP contribution in [0, 0.1) is 11.8 Å². The number of carbonyl (C=O) groups excluding carboxylic acids is 2.